The summed E-state index contributed by atoms with van der Waals surface area (Å²) >= 11 is 0. The minimum absolute atomic E-state index is 0.122. The van der Waals surface area contributed by atoms with E-state index in [1.807, 2.05) is 36.4 Å². The van der Waals surface area contributed by atoms with Crippen molar-refractivity contribution in [1.82, 2.24) is 4.90 Å². The molecule has 1 aliphatic rings. The van der Waals surface area contributed by atoms with Crippen LogP contribution in [0.3, 0.4) is 0 Å². The van der Waals surface area contributed by atoms with E-state index >= 15 is 0 Å². The SMILES string of the molecule is CC(=O)c1ccccc1C1(CCc2ccccc2O)CCCCN1C.O=S(=O)(O)O. The second-order valence-corrected chi connectivity index (χ2v) is 8.48. The first-order valence-corrected chi connectivity index (χ1v) is 11.2. The number of rotatable bonds is 5. The Hall–Kier alpha value is -2.26. The summed E-state index contributed by atoms with van der Waals surface area (Å²) in [4.78, 5) is 14.6. The van der Waals surface area contributed by atoms with Crippen molar-refractivity contribution >= 4 is 16.2 Å². The van der Waals surface area contributed by atoms with Gasteiger partial charge in [0, 0.05) is 11.1 Å². The Bertz CT molecular complexity index is 967. The Morgan fingerprint density at radius 1 is 1.07 bits per heavy atom. The molecule has 3 N–H and O–H groups in total. The number of para-hydroxylation sites is 1. The van der Waals surface area contributed by atoms with Gasteiger partial charge in [0.1, 0.15) is 5.75 Å². The van der Waals surface area contributed by atoms with Gasteiger partial charge in [-0.1, -0.05) is 42.5 Å². The van der Waals surface area contributed by atoms with Crippen molar-refractivity contribution in [3.63, 3.8) is 0 Å². The Morgan fingerprint density at radius 2 is 1.67 bits per heavy atom. The van der Waals surface area contributed by atoms with E-state index in [1.165, 1.54) is 6.42 Å². The average Bonchev–Trinajstić information content (AvgIpc) is 2.67. The lowest BCUT2D eigenvalue weighted by atomic mass is 9.74. The molecular weight excluding hydrogens is 406 g/mol. The maximum atomic E-state index is 12.2. The van der Waals surface area contributed by atoms with E-state index in [0.29, 0.717) is 5.75 Å². The highest BCUT2D eigenvalue weighted by Crippen LogP contribution is 2.42. The van der Waals surface area contributed by atoms with Crippen LogP contribution in [0.4, 0.5) is 0 Å². The predicted molar refractivity (Wildman–Crippen MR) is 115 cm³/mol. The topological polar surface area (TPSA) is 115 Å². The molecule has 0 saturated carbocycles. The highest BCUT2D eigenvalue weighted by Gasteiger charge is 2.39. The molecule has 1 fully saturated rings. The second-order valence-electron chi connectivity index (χ2n) is 7.59. The molecule has 1 heterocycles. The lowest BCUT2D eigenvalue weighted by Gasteiger charge is -2.47. The van der Waals surface area contributed by atoms with Gasteiger partial charge in [-0.15, -0.1) is 0 Å². The van der Waals surface area contributed by atoms with Gasteiger partial charge in [0.25, 0.3) is 0 Å². The fourth-order valence-corrected chi connectivity index (χ4v) is 4.22. The van der Waals surface area contributed by atoms with Crippen molar-refractivity contribution in [2.75, 3.05) is 13.6 Å². The number of ketones is 1. The molecule has 0 bridgehead atoms. The maximum Gasteiger partial charge on any atom is 0.394 e. The van der Waals surface area contributed by atoms with Gasteiger partial charge < -0.3 is 5.11 Å². The van der Waals surface area contributed by atoms with Gasteiger partial charge in [0.15, 0.2) is 5.78 Å². The van der Waals surface area contributed by atoms with E-state index in [-0.39, 0.29) is 11.3 Å². The van der Waals surface area contributed by atoms with Crippen LogP contribution >= 0.6 is 0 Å². The van der Waals surface area contributed by atoms with E-state index in [4.69, 9.17) is 17.5 Å². The van der Waals surface area contributed by atoms with Gasteiger partial charge in [-0.2, -0.15) is 8.42 Å². The largest absolute Gasteiger partial charge is 0.508 e. The summed E-state index contributed by atoms with van der Waals surface area (Å²) in [5, 5.41) is 10.1. The van der Waals surface area contributed by atoms with Gasteiger partial charge >= 0.3 is 10.4 Å². The van der Waals surface area contributed by atoms with Crippen molar-refractivity contribution < 1.29 is 27.4 Å². The number of hydrogen-bond donors (Lipinski definition) is 3. The molecule has 0 radical (unpaired) electrons. The van der Waals surface area contributed by atoms with Gasteiger partial charge in [0.2, 0.25) is 0 Å². The standard InChI is InChI=1S/C22H27NO2.H2O4S/c1-17(24)19-10-4-5-11-20(19)22(14-7-8-16-23(22)2)15-13-18-9-3-6-12-21(18)25;1-5(2,3)4/h3-6,9-12,25H,7-8,13-16H2,1-2H3;(H2,1,2,3,4). The van der Waals surface area contributed by atoms with Crippen LogP contribution in [0.25, 0.3) is 0 Å². The molecular formula is C22H29NO6S. The molecule has 1 aliphatic heterocycles. The normalized spacial score (nSPS) is 19.6. The van der Waals surface area contributed by atoms with E-state index in [9.17, 15) is 9.90 Å². The fraction of sp³-hybridized carbons (Fsp3) is 0.409. The van der Waals surface area contributed by atoms with Crippen LogP contribution in [0.5, 0.6) is 5.75 Å². The van der Waals surface area contributed by atoms with E-state index in [2.05, 4.69) is 18.0 Å². The predicted octanol–water partition coefficient (Wildman–Crippen LogP) is 3.89. The molecule has 1 saturated heterocycles. The van der Waals surface area contributed by atoms with Crippen molar-refractivity contribution in [2.45, 2.75) is 44.6 Å². The highest BCUT2D eigenvalue weighted by atomic mass is 32.3. The number of Topliss-reactive ketones (excluding diaryl/α,β-unsaturated/α-hetero) is 1. The third-order valence-electron chi connectivity index (χ3n) is 5.67. The van der Waals surface area contributed by atoms with Crippen LogP contribution in [0.15, 0.2) is 48.5 Å². The van der Waals surface area contributed by atoms with E-state index in [1.54, 1.807) is 13.0 Å². The van der Waals surface area contributed by atoms with Crippen LogP contribution < -0.4 is 0 Å². The zero-order valence-electron chi connectivity index (χ0n) is 17.3. The first-order valence-electron chi connectivity index (χ1n) is 9.83. The molecule has 2 aromatic carbocycles. The molecule has 0 aromatic heterocycles. The van der Waals surface area contributed by atoms with Crippen LogP contribution in [0.1, 0.15) is 54.1 Å². The third kappa shape index (κ3) is 6.37. The number of benzene rings is 2. The van der Waals surface area contributed by atoms with Gasteiger partial charge in [-0.3, -0.25) is 18.8 Å². The molecule has 8 heteroatoms. The monoisotopic (exact) mass is 435 g/mol. The van der Waals surface area contributed by atoms with Crippen molar-refractivity contribution in [2.24, 2.45) is 0 Å². The summed E-state index contributed by atoms with van der Waals surface area (Å²) in [6.07, 6.45) is 5.09. The summed E-state index contributed by atoms with van der Waals surface area (Å²) in [5.74, 6) is 0.479. The minimum atomic E-state index is -4.67. The molecule has 0 aliphatic carbocycles. The number of phenols is 1. The van der Waals surface area contributed by atoms with Crippen LogP contribution in [0.2, 0.25) is 0 Å². The lowest BCUT2D eigenvalue weighted by Crippen LogP contribution is -2.48. The number of aromatic hydroxyl groups is 1. The summed E-state index contributed by atoms with van der Waals surface area (Å²) < 4.78 is 31.6. The number of carbonyl (C=O) groups excluding carboxylic acids is 1. The Labute approximate surface area is 177 Å². The molecule has 1 atom stereocenters. The lowest BCUT2D eigenvalue weighted by molar-refractivity contribution is 0.0604. The first kappa shape index (κ1) is 24.0. The summed E-state index contributed by atoms with van der Waals surface area (Å²) in [5.41, 5.74) is 2.79. The van der Waals surface area contributed by atoms with Crippen LogP contribution in [0, 0.1) is 0 Å². The summed E-state index contributed by atoms with van der Waals surface area (Å²) in [6, 6.07) is 15.6. The quantitative estimate of drug-likeness (QED) is 0.482. The second kappa shape index (κ2) is 10.2. The maximum absolute atomic E-state index is 12.2. The number of aryl methyl sites for hydroxylation is 1. The molecule has 3 rings (SSSR count). The molecule has 7 nitrogen and oxygen atoms in total. The van der Waals surface area contributed by atoms with E-state index < -0.39 is 10.4 Å². The van der Waals surface area contributed by atoms with Gasteiger partial charge in [0.05, 0.1) is 0 Å². The smallest absolute Gasteiger partial charge is 0.394 e. The van der Waals surface area contributed by atoms with Gasteiger partial charge in [-0.25, -0.2) is 0 Å². The zero-order chi connectivity index (χ0) is 22.4. The molecule has 30 heavy (non-hydrogen) atoms. The van der Waals surface area contributed by atoms with Gasteiger partial charge in [-0.05, 0) is 69.8 Å². The average molecular weight is 436 g/mol. The number of carbonyl (C=O) groups is 1. The van der Waals surface area contributed by atoms with Crippen molar-refractivity contribution in [1.29, 1.82) is 0 Å². The molecule has 0 spiro atoms. The Balaban J connectivity index is 0.000000575. The zero-order valence-corrected chi connectivity index (χ0v) is 18.1. The minimum Gasteiger partial charge on any atom is -0.508 e. The molecule has 0 amide bonds. The third-order valence-corrected chi connectivity index (χ3v) is 5.67. The van der Waals surface area contributed by atoms with Crippen LogP contribution in [-0.4, -0.2) is 46.9 Å². The molecule has 1 unspecified atom stereocenters. The first-order chi connectivity index (χ1) is 14.0. The van der Waals surface area contributed by atoms with E-state index in [0.717, 1.165) is 48.9 Å². The van der Waals surface area contributed by atoms with Crippen molar-refractivity contribution in [3.8, 4) is 5.75 Å². The van der Waals surface area contributed by atoms with Crippen molar-refractivity contribution in [3.05, 3.63) is 65.2 Å². The molecule has 164 valence electrons. The van der Waals surface area contributed by atoms with Crippen LogP contribution in [-0.2, 0) is 22.4 Å². The number of piperidine rings is 1. The number of nitrogens with zero attached hydrogens (tertiary/aromatic N) is 1. The highest BCUT2D eigenvalue weighted by molar-refractivity contribution is 7.79. The Morgan fingerprint density at radius 3 is 2.27 bits per heavy atom. The number of phenolic OH excluding ortho intramolecular Hbond substituents is 1. The number of hydrogen-bond acceptors (Lipinski definition) is 5. The summed E-state index contributed by atoms with van der Waals surface area (Å²) in [7, 11) is -2.50. The Kier molecular flexibility index (Phi) is 8.14. The summed E-state index contributed by atoms with van der Waals surface area (Å²) in [6.45, 7) is 2.69. The fourth-order valence-electron chi connectivity index (χ4n) is 4.22. The molecule has 2 aromatic rings. The number of likely N-dealkylation sites (tertiary alicyclic amines) is 1.